The second-order valence-corrected chi connectivity index (χ2v) is 5.52. The fourth-order valence-electron chi connectivity index (χ4n) is 2.00. The second-order valence-electron chi connectivity index (χ2n) is 4.26. The summed E-state index contributed by atoms with van der Waals surface area (Å²) in [5, 5.41) is 0.344. The zero-order valence-corrected chi connectivity index (χ0v) is 12.6. The summed E-state index contributed by atoms with van der Waals surface area (Å²) in [7, 11) is 0. The first-order valence-corrected chi connectivity index (χ1v) is 6.87. The lowest BCUT2D eigenvalue weighted by Crippen LogP contribution is -2.30. The summed E-state index contributed by atoms with van der Waals surface area (Å²) in [5.41, 5.74) is 4.88. The van der Waals surface area contributed by atoms with Crippen LogP contribution in [-0.4, -0.2) is 0 Å². The average Bonchev–Trinajstić information content (AvgIpc) is 2.37. The first-order chi connectivity index (χ1) is 9.04. The third kappa shape index (κ3) is 2.98. The van der Waals surface area contributed by atoms with E-state index in [0.29, 0.717) is 10.6 Å². The Morgan fingerprint density at radius 3 is 2.68 bits per heavy atom. The number of hydrogen-bond donors (Lipinski definition) is 2. The van der Waals surface area contributed by atoms with E-state index >= 15 is 0 Å². The van der Waals surface area contributed by atoms with Gasteiger partial charge in [0, 0.05) is 15.1 Å². The van der Waals surface area contributed by atoms with Gasteiger partial charge in [-0.3, -0.25) is 5.84 Å². The van der Waals surface area contributed by atoms with Crippen LogP contribution in [-0.2, 0) is 0 Å². The van der Waals surface area contributed by atoms with Crippen LogP contribution in [0.2, 0.25) is 5.02 Å². The van der Waals surface area contributed by atoms with Crippen molar-refractivity contribution in [3.63, 3.8) is 0 Å². The Morgan fingerprint density at radius 2 is 2.05 bits per heavy atom. The van der Waals surface area contributed by atoms with Crippen molar-refractivity contribution in [1.82, 2.24) is 5.43 Å². The number of hydrazine groups is 1. The minimum atomic E-state index is -0.511. The van der Waals surface area contributed by atoms with E-state index in [2.05, 4.69) is 21.4 Å². The largest absolute Gasteiger partial charge is 0.271 e. The van der Waals surface area contributed by atoms with Crippen molar-refractivity contribution in [2.45, 2.75) is 13.0 Å². The van der Waals surface area contributed by atoms with Crippen LogP contribution < -0.4 is 11.3 Å². The van der Waals surface area contributed by atoms with Crippen molar-refractivity contribution in [3.05, 3.63) is 68.4 Å². The number of benzene rings is 2. The van der Waals surface area contributed by atoms with Crippen LogP contribution in [0.3, 0.4) is 0 Å². The van der Waals surface area contributed by atoms with Gasteiger partial charge in [0.25, 0.3) is 0 Å². The van der Waals surface area contributed by atoms with Crippen molar-refractivity contribution in [3.8, 4) is 0 Å². The first kappa shape index (κ1) is 14.5. The number of aryl methyl sites for hydroxylation is 1. The molecule has 0 spiro atoms. The smallest absolute Gasteiger partial charge is 0.129 e. The molecule has 1 atom stereocenters. The van der Waals surface area contributed by atoms with Crippen molar-refractivity contribution < 1.29 is 4.39 Å². The fourth-order valence-corrected chi connectivity index (χ4v) is 2.75. The van der Waals surface area contributed by atoms with E-state index in [1.807, 2.05) is 25.1 Å². The molecule has 0 saturated heterocycles. The molecule has 0 radical (unpaired) electrons. The van der Waals surface area contributed by atoms with E-state index in [4.69, 9.17) is 17.4 Å². The molecule has 0 aromatic heterocycles. The van der Waals surface area contributed by atoms with Crippen LogP contribution in [0.1, 0.15) is 22.7 Å². The van der Waals surface area contributed by atoms with Gasteiger partial charge in [0.1, 0.15) is 5.82 Å². The second kappa shape index (κ2) is 6.01. The van der Waals surface area contributed by atoms with Crippen molar-refractivity contribution in [1.29, 1.82) is 0 Å². The molecule has 0 amide bonds. The van der Waals surface area contributed by atoms with E-state index in [1.54, 1.807) is 12.1 Å². The monoisotopic (exact) mass is 342 g/mol. The van der Waals surface area contributed by atoms with Crippen LogP contribution >= 0.6 is 27.5 Å². The maximum atomic E-state index is 14.0. The molecule has 0 fully saturated rings. The highest BCUT2D eigenvalue weighted by Crippen LogP contribution is 2.34. The fraction of sp³-hybridized carbons (Fsp3) is 0.143. The topological polar surface area (TPSA) is 38.0 Å². The molecule has 0 aliphatic carbocycles. The minimum Gasteiger partial charge on any atom is -0.271 e. The van der Waals surface area contributed by atoms with Gasteiger partial charge in [-0.05, 0) is 30.7 Å². The molecule has 2 aromatic rings. The maximum Gasteiger partial charge on any atom is 0.129 e. The Labute approximate surface area is 124 Å². The van der Waals surface area contributed by atoms with Crippen LogP contribution in [0, 0.1) is 12.7 Å². The predicted octanol–water partition coefficient (Wildman–Crippen LogP) is 4.10. The zero-order valence-electron chi connectivity index (χ0n) is 10.3. The molecule has 3 N–H and O–H groups in total. The van der Waals surface area contributed by atoms with E-state index in [-0.39, 0.29) is 5.82 Å². The van der Waals surface area contributed by atoms with Crippen LogP contribution in [0.15, 0.2) is 40.9 Å². The van der Waals surface area contributed by atoms with Crippen LogP contribution in [0.4, 0.5) is 4.39 Å². The third-order valence-corrected chi connectivity index (χ3v) is 3.97. The van der Waals surface area contributed by atoms with Crippen molar-refractivity contribution in [2.24, 2.45) is 5.84 Å². The summed E-state index contributed by atoms with van der Waals surface area (Å²) in [4.78, 5) is 0. The van der Waals surface area contributed by atoms with Gasteiger partial charge in [-0.25, -0.2) is 9.82 Å². The average molecular weight is 344 g/mol. The molecule has 2 rings (SSSR count). The SMILES string of the molecule is Cc1ccc(Br)c(C(NN)c2c(F)cccc2Cl)c1. The van der Waals surface area contributed by atoms with E-state index in [1.165, 1.54) is 6.07 Å². The molecule has 19 heavy (non-hydrogen) atoms. The summed E-state index contributed by atoms with van der Waals surface area (Å²) >= 11 is 9.55. The number of rotatable bonds is 3. The quantitative estimate of drug-likeness (QED) is 0.650. The highest BCUT2D eigenvalue weighted by atomic mass is 79.9. The molecule has 2 nitrogen and oxygen atoms in total. The van der Waals surface area contributed by atoms with Crippen molar-refractivity contribution in [2.75, 3.05) is 0 Å². The molecule has 100 valence electrons. The van der Waals surface area contributed by atoms with Gasteiger partial charge >= 0.3 is 0 Å². The summed E-state index contributed by atoms with van der Waals surface area (Å²) < 4.78 is 14.9. The third-order valence-electron chi connectivity index (χ3n) is 2.92. The van der Waals surface area contributed by atoms with Gasteiger partial charge < -0.3 is 0 Å². The van der Waals surface area contributed by atoms with Crippen LogP contribution in [0.25, 0.3) is 0 Å². The normalized spacial score (nSPS) is 12.5. The molecule has 0 saturated carbocycles. The molecule has 0 bridgehead atoms. The van der Waals surface area contributed by atoms with Gasteiger partial charge in [0.2, 0.25) is 0 Å². The minimum absolute atomic E-state index is 0.344. The number of halogens is 3. The molecule has 0 aliphatic heterocycles. The molecule has 5 heteroatoms. The molecule has 0 heterocycles. The van der Waals surface area contributed by atoms with Gasteiger partial charge in [0.05, 0.1) is 6.04 Å². The number of hydrogen-bond acceptors (Lipinski definition) is 2. The number of nitrogens with two attached hydrogens (primary N) is 1. The molecular weight excluding hydrogens is 331 g/mol. The molecule has 2 aromatic carbocycles. The summed E-state index contributed by atoms with van der Waals surface area (Å²) in [5.74, 6) is 5.21. The zero-order chi connectivity index (χ0) is 14.0. The summed E-state index contributed by atoms with van der Waals surface area (Å²) in [6, 6.07) is 9.89. The van der Waals surface area contributed by atoms with Crippen molar-refractivity contribution >= 4 is 27.5 Å². The van der Waals surface area contributed by atoms with Gasteiger partial charge in [-0.15, -0.1) is 0 Å². The van der Waals surface area contributed by atoms with Crippen LogP contribution in [0.5, 0.6) is 0 Å². The summed E-state index contributed by atoms with van der Waals surface area (Å²) in [6.45, 7) is 1.96. The predicted molar refractivity (Wildman–Crippen MR) is 79.5 cm³/mol. The lowest BCUT2D eigenvalue weighted by molar-refractivity contribution is 0.559. The van der Waals surface area contributed by atoms with Gasteiger partial charge in [-0.2, -0.15) is 0 Å². The molecule has 0 aliphatic rings. The molecular formula is C14H13BrClFN2. The lowest BCUT2D eigenvalue weighted by Gasteiger charge is -2.20. The Hall–Kier alpha value is -0.940. The van der Waals surface area contributed by atoms with E-state index in [9.17, 15) is 4.39 Å². The van der Waals surface area contributed by atoms with E-state index < -0.39 is 6.04 Å². The first-order valence-electron chi connectivity index (χ1n) is 5.70. The lowest BCUT2D eigenvalue weighted by atomic mass is 9.97. The van der Waals surface area contributed by atoms with Gasteiger partial charge in [-0.1, -0.05) is 51.3 Å². The Kier molecular flexibility index (Phi) is 4.58. The highest BCUT2D eigenvalue weighted by Gasteiger charge is 2.21. The Bertz CT molecular complexity index is 584. The Balaban J connectivity index is 2.59. The maximum absolute atomic E-state index is 14.0. The number of nitrogens with one attached hydrogen (secondary N) is 1. The Morgan fingerprint density at radius 1 is 1.32 bits per heavy atom. The van der Waals surface area contributed by atoms with E-state index in [0.717, 1.165) is 15.6 Å². The summed E-state index contributed by atoms with van der Waals surface area (Å²) in [6.07, 6.45) is 0. The van der Waals surface area contributed by atoms with Gasteiger partial charge in [0.15, 0.2) is 0 Å². The standard InChI is InChI=1S/C14H13BrClFN2/c1-8-5-6-10(15)9(7-8)14(19-18)13-11(16)3-2-4-12(13)17/h2-7,14,19H,18H2,1H3. The molecule has 1 unspecified atom stereocenters. The highest BCUT2D eigenvalue weighted by molar-refractivity contribution is 9.10.